The second-order valence-electron chi connectivity index (χ2n) is 9.20. The van der Waals surface area contributed by atoms with E-state index >= 15 is 0 Å². The van der Waals surface area contributed by atoms with Crippen molar-refractivity contribution in [2.24, 2.45) is 5.92 Å². The molecule has 1 spiro atoms. The minimum Gasteiger partial charge on any atom is -0.277 e. The zero-order valence-electron chi connectivity index (χ0n) is 17.7. The number of amides is 1. The smallest absolute Gasteiger partial charge is 0.231 e. The minimum absolute atomic E-state index is 0.0388. The highest BCUT2D eigenvalue weighted by atomic mass is 16.2. The second-order valence-corrected chi connectivity index (χ2v) is 9.20. The molecule has 0 N–H and O–H groups in total. The standard InChI is InChI=1S/C24H32N4O/c1-3-21(29)27-20-14-8-7-13-19(20)24(15-9-4-10-16-24)28-23(27)25-22(26-28)18-12-6-5-11-17(18)2/h5-6,11-12,19-20H,3-4,7-10,13-16H2,1-2H3. The number of aromatic nitrogens is 3. The maximum absolute atomic E-state index is 13.1. The second kappa shape index (κ2) is 7.26. The predicted molar refractivity (Wildman–Crippen MR) is 115 cm³/mol. The van der Waals surface area contributed by atoms with Crippen LogP contribution in [-0.2, 0) is 10.3 Å². The Balaban J connectivity index is 1.72. The van der Waals surface area contributed by atoms with Crippen LogP contribution in [0.25, 0.3) is 11.4 Å². The van der Waals surface area contributed by atoms with Crippen LogP contribution in [-0.4, -0.2) is 26.7 Å². The van der Waals surface area contributed by atoms with Gasteiger partial charge < -0.3 is 0 Å². The van der Waals surface area contributed by atoms with Gasteiger partial charge in [-0.1, -0.05) is 63.3 Å². The molecule has 2 aromatic rings. The van der Waals surface area contributed by atoms with Crippen LogP contribution in [0.15, 0.2) is 24.3 Å². The molecule has 0 bridgehead atoms. The van der Waals surface area contributed by atoms with Gasteiger partial charge in [0.25, 0.3) is 0 Å². The largest absolute Gasteiger partial charge is 0.277 e. The van der Waals surface area contributed by atoms with Crippen molar-refractivity contribution >= 4 is 11.9 Å². The van der Waals surface area contributed by atoms with Gasteiger partial charge in [0, 0.05) is 23.9 Å². The maximum Gasteiger partial charge on any atom is 0.231 e. The first kappa shape index (κ1) is 18.8. The van der Waals surface area contributed by atoms with Crippen LogP contribution in [0.1, 0.15) is 76.7 Å². The first-order valence-electron chi connectivity index (χ1n) is 11.5. The molecule has 1 aromatic carbocycles. The number of hydrogen-bond donors (Lipinski definition) is 0. The summed E-state index contributed by atoms with van der Waals surface area (Å²) in [6.45, 7) is 4.08. The molecule has 1 aromatic heterocycles. The van der Waals surface area contributed by atoms with Crippen molar-refractivity contribution in [3.63, 3.8) is 0 Å². The molecule has 2 aliphatic carbocycles. The molecule has 154 valence electrons. The van der Waals surface area contributed by atoms with Crippen molar-refractivity contribution in [3.8, 4) is 11.4 Å². The number of benzene rings is 1. The van der Waals surface area contributed by atoms with Crippen LogP contribution in [0.5, 0.6) is 0 Å². The van der Waals surface area contributed by atoms with E-state index in [0.717, 1.165) is 23.8 Å². The Labute approximate surface area is 173 Å². The fourth-order valence-corrected chi connectivity index (χ4v) is 6.26. The number of fused-ring (bicyclic) bond motifs is 4. The van der Waals surface area contributed by atoms with Crippen LogP contribution in [0.2, 0.25) is 0 Å². The number of carbonyl (C=O) groups excluding carboxylic acids is 1. The normalized spacial score (nSPS) is 25.5. The Morgan fingerprint density at radius 1 is 1.10 bits per heavy atom. The van der Waals surface area contributed by atoms with E-state index in [4.69, 9.17) is 10.1 Å². The van der Waals surface area contributed by atoms with Crippen LogP contribution < -0.4 is 4.90 Å². The zero-order chi connectivity index (χ0) is 20.0. The molecule has 0 radical (unpaired) electrons. The van der Waals surface area contributed by atoms with Gasteiger partial charge >= 0.3 is 0 Å². The van der Waals surface area contributed by atoms with Crippen LogP contribution >= 0.6 is 0 Å². The van der Waals surface area contributed by atoms with E-state index in [9.17, 15) is 4.79 Å². The molecule has 5 nitrogen and oxygen atoms in total. The van der Waals surface area contributed by atoms with Gasteiger partial charge in [-0.15, -0.1) is 5.10 Å². The van der Waals surface area contributed by atoms with Crippen molar-refractivity contribution in [3.05, 3.63) is 29.8 Å². The summed E-state index contributed by atoms with van der Waals surface area (Å²) < 4.78 is 2.22. The third-order valence-corrected chi connectivity index (χ3v) is 7.66. The number of hydrogen-bond acceptors (Lipinski definition) is 3. The molecule has 2 saturated carbocycles. The molecular formula is C24H32N4O. The van der Waals surface area contributed by atoms with Crippen molar-refractivity contribution < 1.29 is 4.79 Å². The molecular weight excluding hydrogens is 360 g/mol. The van der Waals surface area contributed by atoms with Crippen molar-refractivity contribution in [1.29, 1.82) is 0 Å². The van der Waals surface area contributed by atoms with E-state index < -0.39 is 0 Å². The van der Waals surface area contributed by atoms with Gasteiger partial charge in [-0.05, 0) is 38.2 Å². The summed E-state index contributed by atoms with van der Waals surface area (Å²) in [5.74, 6) is 2.28. The minimum atomic E-state index is 0.0388. The van der Waals surface area contributed by atoms with Gasteiger partial charge in [0.2, 0.25) is 11.9 Å². The lowest BCUT2D eigenvalue weighted by Gasteiger charge is -2.55. The summed E-state index contributed by atoms with van der Waals surface area (Å²) in [4.78, 5) is 20.2. The topological polar surface area (TPSA) is 51.0 Å². The number of carbonyl (C=O) groups is 1. The lowest BCUT2D eigenvalue weighted by molar-refractivity contribution is -0.120. The third-order valence-electron chi connectivity index (χ3n) is 7.66. The Morgan fingerprint density at radius 2 is 1.86 bits per heavy atom. The highest BCUT2D eigenvalue weighted by molar-refractivity contribution is 5.93. The van der Waals surface area contributed by atoms with Gasteiger partial charge in [0.1, 0.15) is 0 Å². The lowest BCUT2D eigenvalue weighted by atomic mass is 9.64. The Hall–Kier alpha value is -2.17. The van der Waals surface area contributed by atoms with Crippen molar-refractivity contribution in [1.82, 2.24) is 14.8 Å². The van der Waals surface area contributed by atoms with E-state index in [-0.39, 0.29) is 17.5 Å². The molecule has 29 heavy (non-hydrogen) atoms. The average molecular weight is 393 g/mol. The van der Waals surface area contributed by atoms with Gasteiger partial charge in [0.15, 0.2) is 5.82 Å². The molecule has 5 rings (SSSR count). The summed E-state index contributed by atoms with van der Waals surface area (Å²) in [5, 5.41) is 5.13. The summed E-state index contributed by atoms with van der Waals surface area (Å²) in [6, 6.07) is 8.60. The summed E-state index contributed by atoms with van der Waals surface area (Å²) in [5.41, 5.74) is 2.29. The maximum atomic E-state index is 13.1. The number of anilines is 1. The summed E-state index contributed by atoms with van der Waals surface area (Å²) >= 11 is 0. The van der Waals surface area contributed by atoms with Crippen LogP contribution in [0.4, 0.5) is 5.95 Å². The third kappa shape index (κ3) is 2.84. The van der Waals surface area contributed by atoms with Gasteiger partial charge in [-0.25, -0.2) is 4.68 Å². The fourth-order valence-electron chi connectivity index (χ4n) is 6.26. The van der Waals surface area contributed by atoms with Crippen molar-refractivity contribution in [2.45, 2.75) is 89.6 Å². The number of nitrogens with zero attached hydrogens (tertiary/aromatic N) is 4. The molecule has 1 aliphatic heterocycles. The van der Waals surface area contributed by atoms with E-state index in [1.54, 1.807) is 0 Å². The number of rotatable bonds is 2. The van der Waals surface area contributed by atoms with Crippen LogP contribution in [0, 0.1) is 12.8 Å². The zero-order valence-corrected chi connectivity index (χ0v) is 17.7. The van der Waals surface area contributed by atoms with Gasteiger partial charge in [-0.2, -0.15) is 4.98 Å². The molecule has 3 aliphatic rings. The van der Waals surface area contributed by atoms with Gasteiger partial charge in [0.05, 0.1) is 5.54 Å². The van der Waals surface area contributed by atoms with E-state index in [1.165, 1.54) is 56.9 Å². The fraction of sp³-hybridized carbons (Fsp3) is 0.625. The molecule has 2 heterocycles. The monoisotopic (exact) mass is 392 g/mol. The molecule has 2 unspecified atom stereocenters. The summed E-state index contributed by atoms with van der Waals surface area (Å²) in [7, 11) is 0. The Bertz CT molecular complexity index is 911. The van der Waals surface area contributed by atoms with Gasteiger partial charge in [-0.3, -0.25) is 9.69 Å². The van der Waals surface area contributed by atoms with E-state index in [2.05, 4.69) is 29.8 Å². The Kier molecular flexibility index (Phi) is 4.72. The van der Waals surface area contributed by atoms with E-state index in [1.807, 2.05) is 17.9 Å². The molecule has 2 fully saturated rings. The highest BCUT2D eigenvalue weighted by Crippen LogP contribution is 2.53. The number of aryl methyl sites for hydroxylation is 1. The van der Waals surface area contributed by atoms with Crippen LogP contribution in [0.3, 0.4) is 0 Å². The van der Waals surface area contributed by atoms with Crippen molar-refractivity contribution in [2.75, 3.05) is 4.90 Å². The lowest BCUT2D eigenvalue weighted by Crippen LogP contribution is -2.61. The average Bonchev–Trinajstić information content (AvgIpc) is 3.20. The highest BCUT2D eigenvalue weighted by Gasteiger charge is 2.54. The quantitative estimate of drug-likeness (QED) is 0.703. The predicted octanol–water partition coefficient (Wildman–Crippen LogP) is 5.23. The first-order chi connectivity index (χ1) is 14.2. The molecule has 5 heteroatoms. The molecule has 0 saturated heterocycles. The first-order valence-corrected chi connectivity index (χ1v) is 11.5. The molecule has 2 atom stereocenters. The SMILES string of the molecule is CCC(=O)N1c2nc(-c3ccccc3C)nn2C2(CCCCC2)C2CCCCC21. The Morgan fingerprint density at radius 3 is 2.62 bits per heavy atom. The molecule has 1 amide bonds. The summed E-state index contributed by atoms with van der Waals surface area (Å²) in [6.07, 6.45) is 11.5. The van der Waals surface area contributed by atoms with E-state index in [0.29, 0.717) is 12.3 Å².